The molecule has 0 bridgehead atoms. The molecule has 0 spiro atoms. The maximum Gasteiger partial charge on any atom is 0.281 e. The number of aliphatic hydroxyl groups is 1. The van der Waals surface area contributed by atoms with Crippen LogP contribution in [-0.4, -0.2) is 61.5 Å². The Labute approximate surface area is 84.5 Å². The zero-order chi connectivity index (χ0) is 10.8. The number of nitrogens with two attached hydrogens (primary N) is 1. The fourth-order valence-electron chi connectivity index (χ4n) is 1.39. The van der Waals surface area contributed by atoms with E-state index < -0.39 is 16.3 Å². The number of nitrogens with zero attached hydrogens (tertiary/aromatic N) is 2. The summed E-state index contributed by atoms with van der Waals surface area (Å²) >= 11 is 0. The lowest BCUT2D eigenvalue weighted by Crippen LogP contribution is -2.51. The van der Waals surface area contributed by atoms with Crippen molar-refractivity contribution in [2.45, 2.75) is 12.5 Å². The first-order valence-electron chi connectivity index (χ1n) is 4.58. The van der Waals surface area contributed by atoms with Crippen molar-refractivity contribution >= 4 is 10.2 Å². The molecule has 0 unspecified atom stereocenters. The summed E-state index contributed by atoms with van der Waals surface area (Å²) in [6, 6.07) is 0. The van der Waals surface area contributed by atoms with Crippen LogP contribution in [0.25, 0.3) is 0 Å². The van der Waals surface area contributed by atoms with E-state index >= 15 is 0 Å². The van der Waals surface area contributed by atoms with Crippen molar-refractivity contribution in [3.05, 3.63) is 0 Å². The predicted octanol–water partition coefficient (Wildman–Crippen LogP) is -1.81. The molecule has 1 rings (SSSR count). The molecular formula is C7H17N3O3S. The van der Waals surface area contributed by atoms with Crippen LogP contribution in [0.15, 0.2) is 0 Å². The van der Waals surface area contributed by atoms with Gasteiger partial charge in [0.15, 0.2) is 0 Å². The largest absolute Gasteiger partial charge is 0.390 e. The summed E-state index contributed by atoms with van der Waals surface area (Å²) in [4.78, 5) is 0. The lowest BCUT2D eigenvalue weighted by atomic mass is 10.3. The van der Waals surface area contributed by atoms with Crippen LogP contribution in [0.3, 0.4) is 0 Å². The van der Waals surface area contributed by atoms with Gasteiger partial charge < -0.3 is 10.8 Å². The molecule has 1 saturated heterocycles. The molecule has 0 aromatic rings. The molecule has 0 aliphatic carbocycles. The number of hydrogen-bond donors (Lipinski definition) is 2. The van der Waals surface area contributed by atoms with Gasteiger partial charge in [-0.15, -0.1) is 0 Å². The molecule has 6 nitrogen and oxygen atoms in total. The summed E-state index contributed by atoms with van der Waals surface area (Å²) < 4.78 is 25.9. The van der Waals surface area contributed by atoms with Crippen LogP contribution in [-0.2, 0) is 10.2 Å². The number of rotatable bonds is 3. The van der Waals surface area contributed by atoms with Gasteiger partial charge in [0.2, 0.25) is 0 Å². The molecule has 84 valence electrons. The van der Waals surface area contributed by atoms with Crippen LogP contribution < -0.4 is 5.73 Å². The van der Waals surface area contributed by atoms with Gasteiger partial charge in [0.05, 0.1) is 6.10 Å². The monoisotopic (exact) mass is 223 g/mol. The predicted molar refractivity (Wildman–Crippen MR) is 52.8 cm³/mol. The average molecular weight is 223 g/mol. The zero-order valence-electron chi connectivity index (χ0n) is 8.26. The molecule has 0 saturated carbocycles. The summed E-state index contributed by atoms with van der Waals surface area (Å²) in [6.07, 6.45) is 0.00352. The molecule has 1 fully saturated rings. The van der Waals surface area contributed by atoms with Crippen LogP contribution >= 0.6 is 0 Å². The van der Waals surface area contributed by atoms with Crippen LogP contribution in [0.1, 0.15) is 6.42 Å². The molecule has 0 aromatic carbocycles. The van der Waals surface area contributed by atoms with Crippen molar-refractivity contribution in [3.63, 3.8) is 0 Å². The highest BCUT2D eigenvalue weighted by atomic mass is 32.2. The minimum absolute atomic E-state index is 0.0791. The molecule has 7 heteroatoms. The van der Waals surface area contributed by atoms with Crippen molar-refractivity contribution in [1.29, 1.82) is 0 Å². The Morgan fingerprint density at radius 2 is 2.14 bits per heavy atom. The third-order valence-corrected chi connectivity index (χ3v) is 4.24. The van der Waals surface area contributed by atoms with Gasteiger partial charge in [-0.1, -0.05) is 0 Å². The molecule has 3 N–H and O–H groups in total. The van der Waals surface area contributed by atoms with Crippen molar-refractivity contribution in [2.24, 2.45) is 5.73 Å². The minimum Gasteiger partial charge on any atom is -0.390 e. The van der Waals surface area contributed by atoms with Gasteiger partial charge in [-0.05, 0) is 6.42 Å². The summed E-state index contributed by atoms with van der Waals surface area (Å²) in [5, 5.41) is 9.28. The molecule has 1 atom stereocenters. The zero-order valence-corrected chi connectivity index (χ0v) is 9.07. The second-order valence-electron chi connectivity index (χ2n) is 3.43. The molecule has 1 heterocycles. The number of hydrogen-bond acceptors (Lipinski definition) is 4. The Morgan fingerprint density at radius 1 is 1.50 bits per heavy atom. The van der Waals surface area contributed by atoms with Gasteiger partial charge in [-0.2, -0.15) is 17.0 Å². The third-order valence-electron chi connectivity index (χ3n) is 2.29. The molecule has 1 aliphatic heterocycles. The van der Waals surface area contributed by atoms with Gasteiger partial charge in [0, 0.05) is 33.2 Å². The Hall–Kier alpha value is -0.210. The van der Waals surface area contributed by atoms with E-state index in [1.807, 2.05) is 0 Å². The topological polar surface area (TPSA) is 86.9 Å². The highest BCUT2D eigenvalue weighted by Gasteiger charge is 2.31. The summed E-state index contributed by atoms with van der Waals surface area (Å²) in [6.45, 7) is 1.17. The standard InChI is InChI=1S/C7H17N3O3S/c1-9-3-2-4-10(14(9,12)13)6-7(11)5-8/h7,11H,2-6,8H2,1H3/t7-/m0/s1. The Kier molecular flexibility index (Phi) is 3.85. The van der Waals surface area contributed by atoms with Crippen LogP contribution in [0.4, 0.5) is 0 Å². The molecule has 0 aromatic heterocycles. The van der Waals surface area contributed by atoms with E-state index in [4.69, 9.17) is 5.73 Å². The van der Waals surface area contributed by atoms with E-state index in [1.165, 1.54) is 15.7 Å². The minimum atomic E-state index is -3.36. The number of β-amino-alcohol motifs (C(OH)–C–C–N with tert-alkyl or cyclic N) is 1. The van der Waals surface area contributed by atoms with E-state index in [2.05, 4.69) is 0 Å². The smallest absolute Gasteiger partial charge is 0.281 e. The van der Waals surface area contributed by atoms with Gasteiger partial charge in [-0.3, -0.25) is 0 Å². The molecule has 14 heavy (non-hydrogen) atoms. The van der Waals surface area contributed by atoms with Crippen molar-refractivity contribution in [1.82, 2.24) is 8.61 Å². The van der Waals surface area contributed by atoms with Gasteiger partial charge >= 0.3 is 0 Å². The number of aliphatic hydroxyl groups excluding tert-OH is 1. The SMILES string of the molecule is CN1CCCN(C[C@@H](O)CN)S1(=O)=O. The summed E-state index contributed by atoms with van der Waals surface area (Å²) in [5.41, 5.74) is 5.23. The third kappa shape index (κ3) is 2.43. The van der Waals surface area contributed by atoms with Crippen LogP contribution in [0.2, 0.25) is 0 Å². The van der Waals surface area contributed by atoms with Crippen LogP contribution in [0, 0.1) is 0 Å². The normalized spacial score (nSPS) is 26.2. The first kappa shape index (κ1) is 11.9. The van der Waals surface area contributed by atoms with E-state index in [9.17, 15) is 13.5 Å². The van der Waals surface area contributed by atoms with Crippen LogP contribution in [0.5, 0.6) is 0 Å². The summed E-state index contributed by atoms with van der Waals surface area (Å²) in [7, 11) is -1.82. The van der Waals surface area contributed by atoms with Crippen molar-refractivity contribution in [3.8, 4) is 0 Å². The van der Waals surface area contributed by atoms with Gasteiger partial charge in [0.1, 0.15) is 0 Å². The van der Waals surface area contributed by atoms with E-state index in [0.29, 0.717) is 13.1 Å². The average Bonchev–Trinajstić information content (AvgIpc) is 2.13. The Morgan fingerprint density at radius 3 is 2.71 bits per heavy atom. The first-order chi connectivity index (χ1) is 6.48. The van der Waals surface area contributed by atoms with E-state index in [1.54, 1.807) is 0 Å². The first-order valence-corrected chi connectivity index (χ1v) is 5.97. The lowest BCUT2D eigenvalue weighted by molar-refractivity contribution is 0.144. The summed E-state index contributed by atoms with van der Waals surface area (Å²) in [5.74, 6) is 0. The molecule has 1 aliphatic rings. The maximum atomic E-state index is 11.7. The fourth-order valence-corrected chi connectivity index (χ4v) is 2.87. The van der Waals surface area contributed by atoms with Gasteiger partial charge in [-0.25, -0.2) is 0 Å². The quantitative estimate of drug-likeness (QED) is 0.590. The highest BCUT2D eigenvalue weighted by molar-refractivity contribution is 7.86. The van der Waals surface area contributed by atoms with E-state index in [0.717, 1.165) is 6.42 Å². The lowest BCUT2D eigenvalue weighted by Gasteiger charge is -2.33. The second kappa shape index (κ2) is 4.54. The van der Waals surface area contributed by atoms with Crippen molar-refractivity contribution < 1.29 is 13.5 Å². The molecule has 0 amide bonds. The van der Waals surface area contributed by atoms with Crippen molar-refractivity contribution in [2.75, 3.05) is 33.2 Å². The van der Waals surface area contributed by atoms with E-state index in [-0.39, 0.29) is 13.1 Å². The van der Waals surface area contributed by atoms with Gasteiger partial charge in [0.25, 0.3) is 10.2 Å². The maximum absolute atomic E-state index is 11.7. The molecular weight excluding hydrogens is 206 g/mol. The Balaban J connectivity index is 2.68. The molecule has 0 radical (unpaired) electrons. The fraction of sp³-hybridized carbons (Fsp3) is 1.00. The second-order valence-corrected chi connectivity index (χ2v) is 5.47. The highest BCUT2D eigenvalue weighted by Crippen LogP contribution is 2.13. The Bertz CT molecular complexity index is 280.